The predicted octanol–water partition coefficient (Wildman–Crippen LogP) is 13.5. The van der Waals surface area contributed by atoms with E-state index in [0.717, 1.165) is 44.7 Å². The summed E-state index contributed by atoms with van der Waals surface area (Å²) in [6, 6.07) is 65.0. The molecule has 0 saturated heterocycles. The fourth-order valence-corrected chi connectivity index (χ4v) is 8.43. The van der Waals surface area contributed by atoms with E-state index in [1.165, 1.54) is 53.2 Å². The van der Waals surface area contributed by atoms with E-state index >= 15 is 0 Å². The summed E-state index contributed by atoms with van der Waals surface area (Å²) in [6.45, 7) is 0. The van der Waals surface area contributed by atoms with Crippen molar-refractivity contribution in [2.24, 2.45) is 0 Å². The number of rotatable bonds is 5. The van der Waals surface area contributed by atoms with E-state index in [0.29, 0.717) is 0 Å². The maximum Gasteiger partial charge on any atom is 0.160 e. The highest BCUT2D eigenvalue weighted by molar-refractivity contribution is 7.26. The topological polar surface area (TPSA) is 25.8 Å². The van der Waals surface area contributed by atoms with Crippen LogP contribution in [0.1, 0.15) is 0 Å². The molecule has 238 valence electrons. The Morgan fingerprint density at radius 2 is 0.922 bits per heavy atom. The Morgan fingerprint density at radius 3 is 1.73 bits per heavy atom. The fraction of sp³-hybridized carbons (Fsp3) is 0. The molecular weight excluding hydrogens is 637 g/mol. The smallest absolute Gasteiger partial charge is 0.160 e. The Kier molecular flexibility index (Phi) is 7.04. The molecule has 0 aliphatic carbocycles. The molecule has 8 aromatic carbocycles. The Morgan fingerprint density at radius 1 is 0.333 bits per heavy atom. The summed E-state index contributed by atoms with van der Waals surface area (Å²) in [5.74, 6) is 0.721. The molecule has 0 spiro atoms. The predicted molar refractivity (Wildman–Crippen MR) is 217 cm³/mol. The van der Waals surface area contributed by atoms with Crippen LogP contribution < -0.4 is 0 Å². The van der Waals surface area contributed by atoms with E-state index in [-0.39, 0.29) is 0 Å². The van der Waals surface area contributed by atoms with Gasteiger partial charge in [0, 0.05) is 36.7 Å². The normalized spacial score (nSPS) is 11.5. The second-order valence-electron chi connectivity index (χ2n) is 13.0. The highest BCUT2D eigenvalue weighted by atomic mass is 32.1. The summed E-state index contributed by atoms with van der Waals surface area (Å²) in [6.07, 6.45) is 0. The maximum absolute atomic E-state index is 5.41. The van der Waals surface area contributed by atoms with Crippen LogP contribution in [0.15, 0.2) is 182 Å². The zero-order valence-electron chi connectivity index (χ0n) is 27.6. The van der Waals surface area contributed by atoms with Crippen LogP contribution >= 0.6 is 11.3 Å². The summed E-state index contributed by atoms with van der Waals surface area (Å²) in [5.41, 5.74) is 11.1. The number of benzene rings is 8. The molecule has 0 atom stereocenters. The van der Waals surface area contributed by atoms with Crippen molar-refractivity contribution in [3.05, 3.63) is 182 Å². The monoisotopic (exact) mass is 666 g/mol. The average Bonchev–Trinajstić information content (AvgIpc) is 3.60. The van der Waals surface area contributed by atoms with Gasteiger partial charge in [0.2, 0.25) is 0 Å². The lowest BCUT2D eigenvalue weighted by molar-refractivity contribution is 1.23. The van der Waals surface area contributed by atoms with Crippen LogP contribution in [0.5, 0.6) is 0 Å². The number of aromatic nitrogens is 2. The molecule has 0 bridgehead atoms. The Bertz CT molecular complexity index is 2910. The molecule has 51 heavy (non-hydrogen) atoms. The number of hydrogen-bond donors (Lipinski definition) is 0. The van der Waals surface area contributed by atoms with Crippen molar-refractivity contribution >= 4 is 53.2 Å². The lowest BCUT2D eigenvalue weighted by Gasteiger charge is -2.13. The van der Waals surface area contributed by atoms with Gasteiger partial charge in [-0.15, -0.1) is 11.3 Å². The van der Waals surface area contributed by atoms with E-state index in [2.05, 4.69) is 182 Å². The van der Waals surface area contributed by atoms with Crippen molar-refractivity contribution in [2.45, 2.75) is 0 Å². The van der Waals surface area contributed by atoms with Gasteiger partial charge < -0.3 is 0 Å². The van der Waals surface area contributed by atoms with Crippen molar-refractivity contribution < 1.29 is 0 Å². The van der Waals surface area contributed by atoms with Crippen LogP contribution in [0.2, 0.25) is 0 Å². The van der Waals surface area contributed by atoms with Gasteiger partial charge in [-0.25, -0.2) is 9.97 Å². The van der Waals surface area contributed by atoms with Crippen LogP contribution in [-0.4, -0.2) is 9.97 Å². The van der Waals surface area contributed by atoms with E-state index in [4.69, 9.17) is 9.97 Å². The fourth-order valence-electron chi connectivity index (χ4n) is 7.32. The molecule has 0 amide bonds. The first kappa shape index (κ1) is 29.5. The van der Waals surface area contributed by atoms with Crippen LogP contribution in [0, 0.1) is 0 Å². The molecule has 0 fully saturated rings. The summed E-state index contributed by atoms with van der Waals surface area (Å²) in [7, 11) is 0. The third-order valence-corrected chi connectivity index (χ3v) is 11.0. The van der Waals surface area contributed by atoms with Gasteiger partial charge in [0.1, 0.15) is 0 Å². The number of hydrogen-bond acceptors (Lipinski definition) is 3. The van der Waals surface area contributed by atoms with Gasteiger partial charge in [0.15, 0.2) is 5.82 Å². The van der Waals surface area contributed by atoms with E-state index in [1.54, 1.807) is 0 Å². The summed E-state index contributed by atoms with van der Waals surface area (Å²) in [4.78, 5) is 10.7. The molecule has 2 aromatic heterocycles. The van der Waals surface area contributed by atoms with Gasteiger partial charge in [-0.2, -0.15) is 0 Å². The zero-order chi connectivity index (χ0) is 33.7. The van der Waals surface area contributed by atoms with Gasteiger partial charge in [-0.05, 0) is 80.6 Å². The molecule has 2 nitrogen and oxygen atoms in total. The maximum atomic E-state index is 5.41. The average molecular weight is 667 g/mol. The van der Waals surface area contributed by atoms with Gasteiger partial charge in [-0.1, -0.05) is 146 Å². The molecule has 0 aliphatic heterocycles. The first-order chi connectivity index (χ1) is 25.2. The van der Waals surface area contributed by atoms with E-state index < -0.39 is 0 Å². The summed E-state index contributed by atoms with van der Waals surface area (Å²) < 4.78 is 2.52. The SMILES string of the molecule is c1ccc(-c2ccc(-c3cccc(-c4cccc(-c5nc(-c6ccc7ccccc7c6)c6c(ccc7sc8ccccc8c76)n5)c4)c3)cc2)cc1. The highest BCUT2D eigenvalue weighted by Gasteiger charge is 2.18. The van der Waals surface area contributed by atoms with Gasteiger partial charge in [0.05, 0.1) is 11.2 Å². The van der Waals surface area contributed by atoms with E-state index in [9.17, 15) is 0 Å². The van der Waals surface area contributed by atoms with Crippen molar-refractivity contribution in [1.29, 1.82) is 0 Å². The quantitative estimate of drug-likeness (QED) is 0.183. The zero-order valence-corrected chi connectivity index (χ0v) is 28.4. The standard InChI is InChI=1S/C48H30N2S/c1-2-10-31(11-3-1)33-20-22-34(23-21-33)36-14-8-15-37(28-36)38-16-9-17-40(30-38)48-49-42-26-27-44-45(41-18-6-7-19-43(41)51-44)46(42)47(50-48)39-25-24-32-12-4-5-13-35(32)29-39/h1-30H. The molecule has 3 heteroatoms. The summed E-state index contributed by atoms with van der Waals surface area (Å²) >= 11 is 1.83. The van der Waals surface area contributed by atoms with Crippen molar-refractivity contribution in [2.75, 3.05) is 0 Å². The summed E-state index contributed by atoms with van der Waals surface area (Å²) in [5, 5.41) is 5.99. The molecule has 0 radical (unpaired) electrons. The van der Waals surface area contributed by atoms with E-state index in [1.807, 2.05) is 11.3 Å². The van der Waals surface area contributed by atoms with Crippen LogP contribution in [-0.2, 0) is 0 Å². The van der Waals surface area contributed by atoms with Crippen LogP contribution in [0.4, 0.5) is 0 Å². The van der Waals surface area contributed by atoms with Crippen LogP contribution in [0.25, 0.3) is 97.9 Å². The second-order valence-corrected chi connectivity index (χ2v) is 14.1. The third kappa shape index (κ3) is 5.27. The minimum atomic E-state index is 0.721. The van der Waals surface area contributed by atoms with Crippen molar-refractivity contribution in [1.82, 2.24) is 9.97 Å². The molecule has 0 N–H and O–H groups in total. The number of nitrogens with zero attached hydrogens (tertiary/aromatic N) is 2. The number of thiophene rings is 1. The first-order valence-electron chi connectivity index (χ1n) is 17.2. The van der Waals surface area contributed by atoms with Gasteiger partial charge in [-0.3, -0.25) is 0 Å². The second kappa shape index (κ2) is 12.2. The molecule has 10 aromatic rings. The van der Waals surface area contributed by atoms with Gasteiger partial charge in [0.25, 0.3) is 0 Å². The van der Waals surface area contributed by atoms with Crippen molar-refractivity contribution in [3.63, 3.8) is 0 Å². The van der Waals surface area contributed by atoms with Crippen LogP contribution in [0.3, 0.4) is 0 Å². The largest absolute Gasteiger partial charge is 0.228 e. The molecular formula is C48H30N2S. The van der Waals surface area contributed by atoms with Gasteiger partial charge >= 0.3 is 0 Å². The third-order valence-electron chi connectivity index (χ3n) is 9.87. The highest BCUT2D eigenvalue weighted by Crippen LogP contribution is 2.42. The minimum absolute atomic E-state index is 0.721. The molecule has 10 rings (SSSR count). The molecule has 0 aliphatic rings. The molecule has 0 unspecified atom stereocenters. The number of fused-ring (bicyclic) bond motifs is 6. The molecule has 2 heterocycles. The lowest BCUT2D eigenvalue weighted by atomic mass is 9.96. The first-order valence-corrected chi connectivity index (χ1v) is 18.0. The lowest BCUT2D eigenvalue weighted by Crippen LogP contribution is -1.96. The molecule has 0 saturated carbocycles. The van der Waals surface area contributed by atoms with Crippen molar-refractivity contribution in [3.8, 4) is 56.0 Å². The minimum Gasteiger partial charge on any atom is -0.228 e. The Labute approximate surface area is 300 Å². The Balaban J connectivity index is 1.10. The Hall–Kier alpha value is -6.42.